The van der Waals surface area contributed by atoms with Crippen molar-refractivity contribution in [1.82, 2.24) is 0 Å². The van der Waals surface area contributed by atoms with E-state index in [9.17, 15) is 14.4 Å². The lowest BCUT2D eigenvalue weighted by Gasteiger charge is -2.14. The number of ether oxygens (including phenoxy) is 1. The zero-order valence-electron chi connectivity index (χ0n) is 14.0. The second-order valence-corrected chi connectivity index (χ2v) is 4.25. The van der Waals surface area contributed by atoms with E-state index in [4.69, 9.17) is 14.9 Å². The zero-order chi connectivity index (χ0) is 18.7. The predicted octanol–water partition coefficient (Wildman–Crippen LogP) is 3.59. The number of esters is 1. The van der Waals surface area contributed by atoms with Crippen LogP contribution in [0.25, 0.3) is 0 Å². The fourth-order valence-electron chi connectivity index (χ4n) is 1.18. The van der Waals surface area contributed by atoms with Crippen LogP contribution in [-0.4, -0.2) is 34.2 Å². The van der Waals surface area contributed by atoms with Crippen LogP contribution in [0, 0.1) is 0 Å². The molecule has 0 amide bonds. The van der Waals surface area contributed by atoms with Crippen LogP contribution in [0.15, 0.2) is 38.0 Å². The fourth-order valence-corrected chi connectivity index (χ4v) is 1.18. The SMILES string of the molecule is C=CC(=O)O.C=CC(=O)O.C=CC(=O)OC(CC)CCCCC. The molecule has 1 atom stereocenters. The Balaban J connectivity index is -0.000000329. The number of carbonyl (C=O) groups is 3. The van der Waals surface area contributed by atoms with Gasteiger partial charge in [-0.25, -0.2) is 14.4 Å². The third-order valence-corrected chi connectivity index (χ3v) is 2.38. The molecule has 23 heavy (non-hydrogen) atoms. The highest BCUT2D eigenvalue weighted by atomic mass is 16.5. The van der Waals surface area contributed by atoms with Gasteiger partial charge >= 0.3 is 17.9 Å². The quantitative estimate of drug-likeness (QED) is 0.381. The van der Waals surface area contributed by atoms with Crippen LogP contribution >= 0.6 is 0 Å². The van der Waals surface area contributed by atoms with Crippen LogP contribution in [0.5, 0.6) is 0 Å². The first kappa shape index (κ1) is 25.6. The Labute approximate surface area is 138 Å². The first-order chi connectivity index (χ1) is 10.8. The van der Waals surface area contributed by atoms with Crippen LogP contribution in [-0.2, 0) is 19.1 Å². The minimum Gasteiger partial charge on any atom is -0.478 e. The number of unbranched alkanes of at least 4 members (excludes halogenated alkanes) is 2. The molecular weight excluding hydrogens is 300 g/mol. The summed E-state index contributed by atoms with van der Waals surface area (Å²) in [5, 5.41) is 15.2. The van der Waals surface area contributed by atoms with Crippen molar-refractivity contribution >= 4 is 17.9 Å². The van der Waals surface area contributed by atoms with E-state index in [-0.39, 0.29) is 12.1 Å². The first-order valence-corrected chi connectivity index (χ1v) is 7.32. The third-order valence-electron chi connectivity index (χ3n) is 2.38. The Morgan fingerprint density at radius 2 is 1.39 bits per heavy atom. The van der Waals surface area contributed by atoms with Crippen molar-refractivity contribution in [1.29, 1.82) is 0 Å². The average Bonchev–Trinajstić information content (AvgIpc) is 2.54. The molecule has 132 valence electrons. The van der Waals surface area contributed by atoms with Crippen molar-refractivity contribution < 1.29 is 29.3 Å². The number of carboxylic acids is 2. The molecule has 0 aliphatic carbocycles. The molecule has 0 fully saturated rings. The van der Waals surface area contributed by atoms with Gasteiger partial charge in [-0.1, -0.05) is 46.4 Å². The highest BCUT2D eigenvalue weighted by Crippen LogP contribution is 2.10. The van der Waals surface area contributed by atoms with Gasteiger partial charge in [0.1, 0.15) is 6.10 Å². The zero-order valence-corrected chi connectivity index (χ0v) is 14.0. The molecule has 0 aromatic carbocycles. The second-order valence-electron chi connectivity index (χ2n) is 4.25. The number of hydrogen-bond donors (Lipinski definition) is 2. The van der Waals surface area contributed by atoms with E-state index < -0.39 is 11.9 Å². The molecule has 0 aromatic heterocycles. The first-order valence-electron chi connectivity index (χ1n) is 7.32. The molecule has 1 unspecified atom stereocenters. The number of rotatable bonds is 9. The van der Waals surface area contributed by atoms with E-state index in [1.165, 1.54) is 18.9 Å². The molecule has 0 aliphatic heterocycles. The van der Waals surface area contributed by atoms with Gasteiger partial charge in [0, 0.05) is 18.2 Å². The molecule has 0 saturated heterocycles. The molecule has 0 heterocycles. The fraction of sp³-hybridized carbons (Fsp3) is 0.471. The lowest BCUT2D eigenvalue weighted by atomic mass is 10.1. The van der Waals surface area contributed by atoms with Gasteiger partial charge in [0.05, 0.1) is 0 Å². The van der Waals surface area contributed by atoms with Gasteiger partial charge in [-0.2, -0.15) is 0 Å². The van der Waals surface area contributed by atoms with E-state index in [1.54, 1.807) is 0 Å². The number of aliphatic carboxylic acids is 2. The highest BCUT2D eigenvalue weighted by Gasteiger charge is 2.08. The van der Waals surface area contributed by atoms with E-state index >= 15 is 0 Å². The normalized spacial score (nSPS) is 9.65. The van der Waals surface area contributed by atoms with Gasteiger partial charge in [0.2, 0.25) is 0 Å². The van der Waals surface area contributed by atoms with Crippen LogP contribution in [0.2, 0.25) is 0 Å². The summed E-state index contributed by atoms with van der Waals surface area (Å²) in [6, 6.07) is 0. The topological polar surface area (TPSA) is 101 Å². The molecule has 6 nitrogen and oxygen atoms in total. The number of hydrogen-bond acceptors (Lipinski definition) is 4. The maximum Gasteiger partial charge on any atom is 0.330 e. The average molecular weight is 328 g/mol. The van der Waals surface area contributed by atoms with Gasteiger partial charge in [-0.05, 0) is 19.3 Å². The van der Waals surface area contributed by atoms with Gasteiger partial charge in [0.15, 0.2) is 0 Å². The van der Waals surface area contributed by atoms with E-state index in [2.05, 4.69) is 26.7 Å². The Bertz CT molecular complexity index is 355. The Morgan fingerprint density at radius 1 is 0.957 bits per heavy atom. The van der Waals surface area contributed by atoms with Gasteiger partial charge in [-0.15, -0.1) is 0 Å². The summed E-state index contributed by atoms with van der Waals surface area (Å²) in [6.07, 6.45) is 8.39. The standard InChI is InChI=1S/C11H20O2.2C3H4O2/c1-4-7-8-9-10(5-2)13-11(12)6-3;2*1-2-3(4)5/h6,10H,3-5,7-9H2,1-2H3;2*2H,1H2,(H,4,5). The summed E-state index contributed by atoms with van der Waals surface area (Å²) in [6.45, 7) is 13.5. The minimum atomic E-state index is -0.981. The summed E-state index contributed by atoms with van der Waals surface area (Å²) in [7, 11) is 0. The molecule has 0 rings (SSSR count). The van der Waals surface area contributed by atoms with Crippen molar-refractivity contribution in [3.05, 3.63) is 38.0 Å². The summed E-state index contributed by atoms with van der Waals surface area (Å²) < 4.78 is 5.14. The van der Waals surface area contributed by atoms with Crippen molar-refractivity contribution in [2.24, 2.45) is 0 Å². The predicted molar refractivity (Wildman–Crippen MR) is 90.2 cm³/mol. The van der Waals surface area contributed by atoms with Crippen molar-refractivity contribution in [3.8, 4) is 0 Å². The third kappa shape index (κ3) is 28.5. The molecule has 0 saturated carbocycles. The molecule has 6 heteroatoms. The minimum absolute atomic E-state index is 0.0806. The van der Waals surface area contributed by atoms with E-state index in [0.717, 1.165) is 31.4 Å². The monoisotopic (exact) mass is 328 g/mol. The second kappa shape index (κ2) is 19.6. The Morgan fingerprint density at radius 3 is 1.65 bits per heavy atom. The Hall–Kier alpha value is -2.37. The van der Waals surface area contributed by atoms with Gasteiger partial charge in [0.25, 0.3) is 0 Å². The largest absolute Gasteiger partial charge is 0.478 e. The van der Waals surface area contributed by atoms with Crippen molar-refractivity contribution in [2.75, 3.05) is 0 Å². The van der Waals surface area contributed by atoms with Crippen LogP contribution in [0.4, 0.5) is 0 Å². The molecule has 0 radical (unpaired) electrons. The summed E-state index contributed by atoms with van der Waals surface area (Å²) in [4.78, 5) is 29.4. The summed E-state index contributed by atoms with van der Waals surface area (Å²) >= 11 is 0. The van der Waals surface area contributed by atoms with Crippen molar-refractivity contribution in [3.63, 3.8) is 0 Å². The van der Waals surface area contributed by atoms with Crippen LogP contribution < -0.4 is 0 Å². The molecule has 0 bridgehead atoms. The summed E-state index contributed by atoms with van der Waals surface area (Å²) in [5.74, 6) is -2.27. The lowest BCUT2D eigenvalue weighted by molar-refractivity contribution is -0.143. The maximum atomic E-state index is 10.9. The maximum absolute atomic E-state index is 10.9. The molecule has 0 aromatic rings. The Kier molecular flexibility index (Phi) is 21.8. The van der Waals surface area contributed by atoms with E-state index in [0.29, 0.717) is 0 Å². The van der Waals surface area contributed by atoms with Gasteiger partial charge in [-0.3, -0.25) is 0 Å². The van der Waals surface area contributed by atoms with Crippen LogP contribution in [0.1, 0.15) is 46.0 Å². The smallest absolute Gasteiger partial charge is 0.330 e. The number of carboxylic acid groups (broad SMARTS) is 2. The van der Waals surface area contributed by atoms with Gasteiger partial charge < -0.3 is 14.9 Å². The van der Waals surface area contributed by atoms with Crippen molar-refractivity contribution in [2.45, 2.75) is 52.1 Å². The molecule has 0 spiro atoms. The lowest BCUT2D eigenvalue weighted by Crippen LogP contribution is -2.15. The summed E-state index contributed by atoms with van der Waals surface area (Å²) in [5.41, 5.74) is 0. The molecule has 0 aliphatic rings. The van der Waals surface area contributed by atoms with E-state index in [1.807, 2.05) is 6.92 Å². The highest BCUT2D eigenvalue weighted by molar-refractivity contribution is 5.81. The molecule has 2 N–H and O–H groups in total. The van der Waals surface area contributed by atoms with Crippen LogP contribution in [0.3, 0.4) is 0 Å². The number of carbonyl (C=O) groups excluding carboxylic acids is 1. The molecular formula is C17H28O6.